The van der Waals surface area contributed by atoms with E-state index in [0.29, 0.717) is 43.6 Å². The molecule has 2 N–H and O–H groups in total. The molecule has 1 saturated heterocycles. The number of oxazole rings is 1. The zero-order valence-corrected chi connectivity index (χ0v) is 16.7. The highest BCUT2D eigenvalue weighted by Crippen LogP contribution is 2.27. The summed E-state index contributed by atoms with van der Waals surface area (Å²) in [5, 5.41) is 0. The van der Waals surface area contributed by atoms with Crippen molar-refractivity contribution in [3.63, 3.8) is 0 Å². The summed E-state index contributed by atoms with van der Waals surface area (Å²) in [4.78, 5) is 26.3. The normalized spacial score (nSPS) is 14.9. The molecular weight excluding hydrogens is 400 g/mol. The van der Waals surface area contributed by atoms with Gasteiger partial charge >= 0.3 is 5.76 Å². The molecular formula is C17H20N6O5S. The summed E-state index contributed by atoms with van der Waals surface area (Å²) < 4.78 is 38.5. The number of ether oxygens (including phenoxy) is 1. The number of rotatable bonds is 5. The number of anilines is 3. The first kappa shape index (κ1) is 19.2. The molecule has 0 atom stereocenters. The fourth-order valence-corrected chi connectivity index (χ4v) is 4.07. The zero-order chi connectivity index (χ0) is 20.6. The number of sulfonamides is 1. The largest absolute Gasteiger partial charge is 0.417 e. The smallest absolute Gasteiger partial charge is 0.408 e. The molecule has 0 amide bonds. The highest BCUT2D eigenvalue weighted by atomic mass is 32.2. The molecule has 1 aliphatic heterocycles. The van der Waals surface area contributed by atoms with Gasteiger partial charge in [-0.2, -0.15) is 4.98 Å². The summed E-state index contributed by atoms with van der Waals surface area (Å²) in [6.07, 6.45) is 1.45. The quantitative estimate of drug-likeness (QED) is 0.609. The minimum atomic E-state index is -3.94. The first-order chi connectivity index (χ1) is 13.8. The van der Waals surface area contributed by atoms with E-state index in [9.17, 15) is 13.2 Å². The van der Waals surface area contributed by atoms with E-state index in [2.05, 4.69) is 19.7 Å². The molecule has 0 spiro atoms. The number of benzene rings is 1. The number of aromatic amines is 1. The number of nitrogens with one attached hydrogen (secondary N) is 2. The zero-order valence-electron chi connectivity index (χ0n) is 15.9. The van der Waals surface area contributed by atoms with Crippen molar-refractivity contribution >= 4 is 38.6 Å². The number of hydrogen-bond acceptors (Lipinski definition) is 9. The minimum Gasteiger partial charge on any atom is -0.408 e. The fourth-order valence-electron chi connectivity index (χ4n) is 2.99. The average Bonchev–Trinajstić information content (AvgIpc) is 3.07. The van der Waals surface area contributed by atoms with Gasteiger partial charge in [0.15, 0.2) is 11.4 Å². The Kier molecular flexibility index (Phi) is 4.88. The van der Waals surface area contributed by atoms with E-state index in [1.54, 1.807) is 19.0 Å². The first-order valence-electron chi connectivity index (χ1n) is 8.86. The third-order valence-electron chi connectivity index (χ3n) is 4.42. The summed E-state index contributed by atoms with van der Waals surface area (Å²) in [6.45, 7) is 2.52. The Bertz CT molecular complexity index is 1200. The van der Waals surface area contributed by atoms with Crippen molar-refractivity contribution in [1.29, 1.82) is 0 Å². The van der Waals surface area contributed by atoms with E-state index in [4.69, 9.17) is 9.15 Å². The molecule has 3 heterocycles. The Morgan fingerprint density at radius 3 is 2.72 bits per heavy atom. The second-order valence-electron chi connectivity index (χ2n) is 6.68. The van der Waals surface area contributed by atoms with Crippen LogP contribution in [-0.4, -0.2) is 63.8 Å². The van der Waals surface area contributed by atoms with Crippen molar-refractivity contribution < 1.29 is 17.6 Å². The van der Waals surface area contributed by atoms with Crippen LogP contribution in [0.1, 0.15) is 0 Å². The predicted molar refractivity (Wildman–Crippen MR) is 107 cm³/mol. The lowest BCUT2D eigenvalue weighted by Gasteiger charge is -2.28. The molecule has 0 unspecified atom stereocenters. The van der Waals surface area contributed by atoms with Crippen LogP contribution in [0.3, 0.4) is 0 Å². The molecule has 0 radical (unpaired) electrons. The van der Waals surface area contributed by atoms with Crippen molar-refractivity contribution in [2.75, 3.05) is 54.9 Å². The standard InChI is InChI=1S/C17H20N6O5S/c1-22(2)15-13(10-18-16(20-15)23-5-7-27-8-6-23)21-29(25,26)11-3-4-14-12(9-11)19-17(24)28-14/h3-4,9-10,21H,5-8H2,1-2H3,(H,19,24). The fraction of sp³-hybridized carbons (Fsp3) is 0.353. The lowest BCUT2D eigenvalue weighted by Crippen LogP contribution is -2.37. The van der Waals surface area contributed by atoms with Gasteiger partial charge in [0.05, 0.1) is 29.8 Å². The molecule has 1 aromatic carbocycles. The molecule has 11 nitrogen and oxygen atoms in total. The average molecular weight is 420 g/mol. The Balaban J connectivity index is 1.66. The number of H-pyrrole nitrogens is 1. The Morgan fingerprint density at radius 1 is 1.24 bits per heavy atom. The maximum atomic E-state index is 12.9. The van der Waals surface area contributed by atoms with Crippen LogP contribution in [-0.2, 0) is 14.8 Å². The van der Waals surface area contributed by atoms with Crippen LogP contribution in [0.2, 0.25) is 0 Å². The number of morpholine rings is 1. The molecule has 0 aliphatic carbocycles. The van der Waals surface area contributed by atoms with Crippen molar-refractivity contribution in [3.05, 3.63) is 34.9 Å². The summed E-state index contributed by atoms with van der Waals surface area (Å²) in [6, 6.07) is 4.12. The molecule has 1 fully saturated rings. The third kappa shape index (κ3) is 3.89. The predicted octanol–water partition coefficient (Wildman–Crippen LogP) is 0.614. The molecule has 0 bridgehead atoms. The van der Waals surface area contributed by atoms with Crippen molar-refractivity contribution in [2.24, 2.45) is 0 Å². The minimum absolute atomic E-state index is 0.0241. The van der Waals surface area contributed by atoms with E-state index in [1.807, 2.05) is 4.90 Å². The second kappa shape index (κ2) is 7.37. The Labute approximate surface area is 166 Å². The van der Waals surface area contributed by atoms with E-state index in [-0.39, 0.29) is 16.2 Å². The van der Waals surface area contributed by atoms with Gasteiger partial charge < -0.3 is 19.0 Å². The van der Waals surface area contributed by atoms with E-state index < -0.39 is 15.8 Å². The second-order valence-corrected chi connectivity index (χ2v) is 8.36. The van der Waals surface area contributed by atoms with Crippen LogP contribution >= 0.6 is 0 Å². The van der Waals surface area contributed by atoms with Gasteiger partial charge in [-0.05, 0) is 18.2 Å². The van der Waals surface area contributed by atoms with E-state index in [0.717, 1.165) is 0 Å². The summed E-state index contributed by atoms with van der Waals surface area (Å²) in [7, 11) is -0.405. The number of hydrogen-bond donors (Lipinski definition) is 2. The molecule has 29 heavy (non-hydrogen) atoms. The van der Waals surface area contributed by atoms with Crippen LogP contribution in [0.25, 0.3) is 11.1 Å². The summed E-state index contributed by atoms with van der Waals surface area (Å²) in [5.41, 5.74) is 0.818. The Morgan fingerprint density at radius 2 is 2.00 bits per heavy atom. The molecule has 154 valence electrons. The van der Waals surface area contributed by atoms with Gasteiger partial charge in [0.25, 0.3) is 10.0 Å². The van der Waals surface area contributed by atoms with Crippen LogP contribution in [0.4, 0.5) is 17.5 Å². The van der Waals surface area contributed by atoms with Gasteiger partial charge in [0, 0.05) is 27.2 Å². The van der Waals surface area contributed by atoms with Crippen LogP contribution < -0.4 is 20.3 Å². The van der Waals surface area contributed by atoms with Crippen molar-refractivity contribution in [1.82, 2.24) is 15.0 Å². The van der Waals surface area contributed by atoms with Gasteiger partial charge in [-0.3, -0.25) is 9.71 Å². The summed E-state index contributed by atoms with van der Waals surface area (Å²) >= 11 is 0. The highest BCUT2D eigenvalue weighted by Gasteiger charge is 2.21. The number of aromatic nitrogens is 3. The number of fused-ring (bicyclic) bond motifs is 1. The molecule has 3 aromatic rings. The Hall–Kier alpha value is -3.12. The van der Waals surface area contributed by atoms with Crippen molar-refractivity contribution in [3.8, 4) is 0 Å². The van der Waals surface area contributed by atoms with Gasteiger partial charge in [0.1, 0.15) is 5.69 Å². The molecule has 0 saturated carbocycles. The van der Waals surface area contributed by atoms with Gasteiger partial charge in [-0.1, -0.05) is 0 Å². The molecule has 12 heteroatoms. The van der Waals surface area contributed by atoms with Crippen molar-refractivity contribution in [2.45, 2.75) is 4.90 Å². The molecule has 2 aromatic heterocycles. The molecule has 1 aliphatic rings. The van der Waals surface area contributed by atoms with E-state index in [1.165, 1.54) is 24.4 Å². The van der Waals surface area contributed by atoms with Gasteiger partial charge in [0.2, 0.25) is 5.95 Å². The lowest BCUT2D eigenvalue weighted by molar-refractivity contribution is 0.122. The summed E-state index contributed by atoms with van der Waals surface area (Å²) in [5.74, 6) is 0.296. The lowest BCUT2D eigenvalue weighted by atomic mass is 10.3. The van der Waals surface area contributed by atoms with Crippen LogP contribution in [0, 0.1) is 0 Å². The maximum Gasteiger partial charge on any atom is 0.417 e. The van der Waals surface area contributed by atoms with E-state index >= 15 is 0 Å². The van der Waals surface area contributed by atoms with Crippen LogP contribution in [0.15, 0.2) is 38.5 Å². The SMILES string of the molecule is CN(C)c1nc(N2CCOCC2)ncc1NS(=O)(=O)c1ccc2oc(=O)[nH]c2c1. The van der Waals surface area contributed by atoms with Crippen LogP contribution in [0.5, 0.6) is 0 Å². The topological polar surface area (TPSA) is 134 Å². The monoisotopic (exact) mass is 420 g/mol. The third-order valence-corrected chi connectivity index (χ3v) is 5.78. The van der Waals surface area contributed by atoms with Gasteiger partial charge in [-0.15, -0.1) is 0 Å². The maximum absolute atomic E-state index is 12.9. The molecule has 4 rings (SSSR count). The van der Waals surface area contributed by atoms with Gasteiger partial charge in [-0.25, -0.2) is 18.2 Å². The number of nitrogens with zero attached hydrogens (tertiary/aromatic N) is 4. The first-order valence-corrected chi connectivity index (χ1v) is 10.3. The highest BCUT2D eigenvalue weighted by molar-refractivity contribution is 7.92.